The van der Waals surface area contributed by atoms with Gasteiger partial charge in [0.2, 0.25) is 0 Å². The van der Waals surface area contributed by atoms with Gasteiger partial charge in [0.1, 0.15) is 5.82 Å². The molecule has 0 unspecified atom stereocenters. The van der Waals surface area contributed by atoms with E-state index >= 15 is 0 Å². The maximum absolute atomic E-state index is 4.42. The highest BCUT2D eigenvalue weighted by Crippen LogP contribution is 2.15. The minimum atomic E-state index is 0.913. The highest BCUT2D eigenvalue weighted by molar-refractivity contribution is 5.80. The lowest BCUT2D eigenvalue weighted by Gasteiger charge is -2.02. The van der Waals surface area contributed by atoms with Gasteiger partial charge in [-0.2, -0.15) is 0 Å². The Hall–Kier alpha value is -1.57. The molecule has 2 heteroatoms. The number of aromatic nitrogens is 1. The first kappa shape index (κ1) is 8.05. The quantitative estimate of drug-likeness (QED) is 0.715. The second-order valence-electron chi connectivity index (χ2n) is 3.14. The van der Waals surface area contributed by atoms with Crippen LogP contribution in [0.25, 0.3) is 10.9 Å². The van der Waals surface area contributed by atoms with Crippen molar-refractivity contribution >= 4 is 16.7 Å². The summed E-state index contributed by atoms with van der Waals surface area (Å²) in [5, 5.41) is 4.22. The summed E-state index contributed by atoms with van der Waals surface area (Å²) >= 11 is 0. The van der Waals surface area contributed by atoms with Crippen LogP contribution in [0.5, 0.6) is 0 Å². The molecule has 2 nitrogen and oxygen atoms in total. The third kappa shape index (κ3) is 1.47. The van der Waals surface area contributed by atoms with Crippen LogP contribution in [0.2, 0.25) is 0 Å². The van der Waals surface area contributed by atoms with Crippen molar-refractivity contribution in [3.8, 4) is 0 Å². The summed E-state index contributed by atoms with van der Waals surface area (Å²) in [6, 6.07) is 10.3. The Morgan fingerprint density at radius 1 is 1.15 bits per heavy atom. The normalized spacial score (nSPS) is 10.3. The standard InChI is InChI=1S/C11H12N2/c1-8-3-5-10-9(7-8)4-6-11(12-2)13-10/h3-7H,1-2H3,(H,12,13). The molecular formula is C11H12N2. The fourth-order valence-electron chi connectivity index (χ4n) is 1.38. The molecule has 1 aromatic carbocycles. The van der Waals surface area contributed by atoms with Gasteiger partial charge in [-0.05, 0) is 31.2 Å². The zero-order chi connectivity index (χ0) is 9.26. The van der Waals surface area contributed by atoms with Crippen LogP contribution in [0.1, 0.15) is 5.56 Å². The Bertz CT molecular complexity index is 435. The number of anilines is 1. The van der Waals surface area contributed by atoms with E-state index in [4.69, 9.17) is 0 Å². The summed E-state index contributed by atoms with van der Waals surface area (Å²) in [6.45, 7) is 2.09. The van der Waals surface area contributed by atoms with E-state index in [9.17, 15) is 0 Å². The number of benzene rings is 1. The van der Waals surface area contributed by atoms with Crippen molar-refractivity contribution in [1.29, 1.82) is 0 Å². The van der Waals surface area contributed by atoms with Crippen molar-refractivity contribution in [2.45, 2.75) is 6.92 Å². The molecule has 2 rings (SSSR count). The summed E-state index contributed by atoms with van der Waals surface area (Å²) in [5.41, 5.74) is 2.31. The molecule has 0 spiro atoms. The number of hydrogen-bond donors (Lipinski definition) is 1. The summed E-state index contributed by atoms with van der Waals surface area (Å²) in [4.78, 5) is 4.42. The van der Waals surface area contributed by atoms with Gasteiger partial charge in [0.25, 0.3) is 0 Å². The molecule has 0 amide bonds. The number of aryl methyl sites for hydroxylation is 1. The number of nitrogens with zero attached hydrogens (tertiary/aromatic N) is 1. The molecule has 0 bridgehead atoms. The zero-order valence-electron chi connectivity index (χ0n) is 7.83. The molecule has 0 saturated heterocycles. The number of pyridine rings is 1. The van der Waals surface area contributed by atoms with E-state index in [1.165, 1.54) is 10.9 Å². The Morgan fingerprint density at radius 3 is 2.77 bits per heavy atom. The van der Waals surface area contributed by atoms with Gasteiger partial charge in [-0.25, -0.2) is 4.98 Å². The van der Waals surface area contributed by atoms with Crippen LogP contribution < -0.4 is 5.32 Å². The van der Waals surface area contributed by atoms with E-state index in [-0.39, 0.29) is 0 Å². The first-order valence-electron chi connectivity index (χ1n) is 4.35. The van der Waals surface area contributed by atoms with Crippen molar-refractivity contribution in [3.05, 3.63) is 35.9 Å². The number of nitrogens with one attached hydrogen (secondary N) is 1. The lowest BCUT2D eigenvalue weighted by Crippen LogP contribution is -1.91. The third-order valence-corrected chi connectivity index (χ3v) is 2.10. The van der Waals surface area contributed by atoms with Crippen LogP contribution in [0.3, 0.4) is 0 Å². The van der Waals surface area contributed by atoms with Crippen LogP contribution in [0.4, 0.5) is 5.82 Å². The van der Waals surface area contributed by atoms with E-state index in [1.807, 2.05) is 19.2 Å². The van der Waals surface area contributed by atoms with Crippen molar-refractivity contribution in [2.24, 2.45) is 0 Å². The molecule has 0 radical (unpaired) electrons. The van der Waals surface area contributed by atoms with Crippen molar-refractivity contribution in [3.63, 3.8) is 0 Å². The molecule has 1 N–H and O–H groups in total. The second kappa shape index (κ2) is 3.05. The number of rotatable bonds is 1. The van der Waals surface area contributed by atoms with E-state index in [2.05, 4.69) is 35.4 Å². The molecular weight excluding hydrogens is 160 g/mol. The molecule has 0 fully saturated rings. The molecule has 1 aromatic heterocycles. The van der Waals surface area contributed by atoms with Gasteiger partial charge in [0.15, 0.2) is 0 Å². The molecule has 13 heavy (non-hydrogen) atoms. The largest absolute Gasteiger partial charge is 0.373 e. The SMILES string of the molecule is CNc1ccc2cc(C)ccc2n1. The Labute approximate surface area is 77.6 Å². The van der Waals surface area contributed by atoms with Crippen LogP contribution in [-0.4, -0.2) is 12.0 Å². The van der Waals surface area contributed by atoms with Gasteiger partial charge in [-0.15, -0.1) is 0 Å². The summed E-state index contributed by atoms with van der Waals surface area (Å²) < 4.78 is 0. The van der Waals surface area contributed by atoms with Gasteiger partial charge in [0.05, 0.1) is 5.52 Å². The van der Waals surface area contributed by atoms with Gasteiger partial charge in [-0.1, -0.05) is 11.6 Å². The first-order valence-corrected chi connectivity index (χ1v) is 4.35. The highest BCUT2D eigenvalue weighted by atomic mass is 15.0. The summed E-state index contributed by atoms with van der Waals surface area (Å²) in [6.07, 6.45) is 0. The highest BCUT2D eigenvalue weighted by Gasteiger charge is 1.95. The maximum atomic E-state index is 4.42. The van der Waals surface area contributed by atoms with Gasteiger partial charge in [0, 0.05) is 12.4 Å². The minimum absolute atomic E-state index is 0.913. The summed E-state index contributed by atoms with van der Waals surface area (Å²) in [7, 11) is 1.88. The van der Waals surface area contributed by atoms with Crippen LogP contribution in [0, 0.1) is 6.92 Å². The average molecular weight is 172 g/mol. The van der Waals surface area contributed by atoms with E-state index in [1.54, 1.807) is 0 Å². The molecule has 66 valence electrons. The summed E-state index contributed by atoms with van der Waals surface area (Å²) in [5.74, 6) is 0.913. The monoisotopic (exact) mass is 172 g/mol. The fourth-order valence-corrected chi connectivity index (χ4v) is 1.38. The lowest BCUT2D eigenvalue weighted by atomic mass is 10.1. The minimum Gasteiger partial charge on any atom is -0.373 e. The van der Waals surface area contributed by atoms with Crippen LogP contribution >= 0.6 is 0 Å². The molecule has 2 aromatic rings. The topological polar surface area (TPSA) is 24.9 Å². The number of fused-ring (bicyclic) bond motifs is 1. The van der Waals surface area contributed by atoms with Crippen molar-refractivity contribution < 1.29 is 0 Å². The molecule has 0 aliphatic rings. The molecule has 0 atom stereocenters. The van der Waals surface area contributed by atoms with Crippen LogP contribution in [0.15, 0.2) is 30.3 Å². The molecule has 1 heterocycles. The van der Waals surface area contributed by atoms with E-state index < -0.39 is 0 Å². The first-order chi connectivity index (χ1) is 6.29. The predicted molar refractivity (Wildman–Crippen MR) is 56.0 cm³/mol. The second-order valence-corrected chi connectivity index (χ2v) is 3.14. The Kier molecular flexibility index (Phi) is 1.89. The molecule has 0 aliphatic carbocycles. The lowest BCUT2D eigenvalue weighted by molar-refractivity contribution is 1.34. The van der Waals surface area contributed by atoms with Gasteiger partial charge < -0.3 is 5.32 Å². The van der Waals surface area contributed by atoms with E-state index in [0.717, 1.165) is 11.3 Å². The number of hydrogen-bond acceptors (Lipinski definition) is 2. The van der Waals surface area contributed by atoms with E-state index in [0.29, 0.717) is 0 Å². The third-order valence-electron chi connectivity index (χ3n) is 2.10. The Morgan fingerprint density at radius 2 is 2.00 bits per heavy atom. The average Bonchev–Trinajstić information content (AvgIpc) is 2.17. The van der Waals surface area contributed by atoms with Crippen molar-refractivity contribution in [2.75, 3.05) is 12.4 Å². The smallest absolute Gasteiger partial charge is 0.126 e. The van der Waals surface area contributed by atoms with Crippen LogP contribution in [-0.2, 0) is 0 Å². The van der Waals surface area contributed by atoms with Gasteiger partial charge >= 0.3 is 0 Å². The Balaban J connectivity index is 2.66. The van der Waals surface area contributed by atoms with Gasteiger partial charge in [-0.3, -0.25) is 0 Å². The maximum Gasteiger partial charge on any atom is 0.126 e. The predicted octanol–water partition coefficient (Wildman–Crippen LogP) is 2.58. The zero-order valence-corrected chi connectivity index (χ0v) is 7.83. The fraction of sp³-hybridized carbons (Fsp3) is 0.182. The molecule has 0 saturated carbocycles. The van der Waals surface area contributed by atoms with Crippen molar-refractivity contribution in [1.82, 2.24) is 4.98 Å². The molecule has 0 aliphatic heterocycles.